The Morgan fingerprint density at radius 3 is 2.95 bits per heavy atom. The van der Waals surface area contributed by atoms with Crippen LogP contribution in [0.3, 0.4) is 0 Å². The fourth-order valence-corrected chi connectivity index (χ4v) is 1.59. The summed E-state index contributed by atoms with van der Waals surface area (Å²) in [6, 6.07) is 5.09. The van der Waals surface area contributed by atoms with E-state index in [2.05, 4.69) is 20.8 Å². The minimum Gasteiger partial charge on any atom is -0.370 e. The highest BCUT2D eigenvalue weighted by Gasteiger charge is 2.06. The number of pyridine rings is 1. The summed E-state index contributed by atoms with van der Waals surface area (Å²) in [6.07, 6.45) is 1.51. The number of nitriles is 1. The average Bonchev–Trinajstić information content (AvgIpc) is 2.83. The lowest BCUT2D eigenvalue weighted by molar-refractivity contribution is 0.425. The van der Waals surface area contributed by atoms with Crippen LogP contribution in [-0.2, 0) is 6.54 Å². The van der Waals surface area contributed by atoms with Gasteiger partial charge in [-0.15, -0.1) is 0 Å². The lowest BCUT2D eigenvalue weighted by atomic mass is 10.2. The lowest BCUT2D eigenvalue weighted by Crippen LogP contribution is -2.07. The molecule has 0 aliphatic rings. The molecule has 0 amide bonds. The van der Waals surface area contributed by atoms with Crippen molar-refractivity contribution in [3.05, 3.63) is 39.8 Å². The standard InChI is InChI=1S/C12H13N5O2/c1-2-14-12-9(3-8(5-13)6-16-12)7-15-11-4-10(18)17-19-11/h3-4,6,15H,2,7H2,1H3,(H,14,16)(H,17,18). The second kappa shape index (κ2) is 5.73. The van der Waals surface area contributed by atoms with Crippen molar-refractivity contribution < 1.29 is 4.52 Å². The van der Waals surface area contributed by atoms with Gasteiger partial charge < -0.3 is 15.2 Å². The van der Waals surface area contributed by atoms with Gasteiger partial charge in [0.05, 0.1) is 11.6 Å². The molecule has 19 heavy (non-hydrogen) atoms. The molecule has 0 unspecified atom stereocenters. The van der Waals surface area contributed by atoms with Crippen molar-refractivity contribution in [2.24, 2.45) is 0 Å². The van der Waals surface area contributed by atoms with Crippen molar-refractivity contribution in [1.82, 2.24) is 10.1 Å². The van der Waals surface area contributed by atoms with E-state index in [9.17, 15) is 4.79 Å². The number of anilines is 2. The van der Waals surface area contributed by atoms with Crippen molar-refractivity contribution in [1.29, 1.82) is 5.26 Å². The molecular weight excluding hydrogens is 246 g/mol. The molecule has 7 heteroatoms. The molecule has 0 aliphatic heterocycles. The number of nitrogens with zero attached hydrogens (tertiary/aromatic N) is 2. The van der Waals surface area contributed by atoms with E-state index in [0.717, 1.165) is 12.1 Å². The van der Waals surface area contributed by atoms with Crippen molar-refractivity contribution in [3.63, 3.8) is 0 Å². The van der Waals surface area contributed by atoms with Crippen LogP contribution in [0.25, 0.3) is 0 Å². The predicted molar refractivity (Wildman–Crippen MR) is 69.8 cm³/mol. The Labute approximate surface area is 109 Å². The average molecular weight is 259 g/mol. The maximum absolute atomic E-state index is 10.9. The summed E-state index contributed by atoms with van der Waals surface area (Å²) in [5, 5.41) is 17.1. The van der Waals surface area contributed by atoms with Gasteiger partial charge >= 0.3 is 0 Å². The molecule has 0 aromatic carbocycles. The third-order valence-electron chi connectivity index (χ3n) is 2.42. The van der Waals surface area contributed by atoms with Gasteiger partial charge in [0.25, 0.3) is 5.56 Å². The maximum atomic E-state index is 10.9. The highest BCUT2D eigenvalue weighted by atomic mass is 16.5. The highest BCUT2D eigenvalue weighted by molar-refractivity contribution is 5.49. The summed E-state index contributed by atoms with van der Waals surface area (Å²) in [6.45, 7) is 3.08. The summed E-state index contributed by atoms with van der Waals surface area (Å²) in [4.78, 5) is 15.1. The SMILES string of the molecule is CCNc1ncc(C#N)cc1CNc1cc(=O)[nH]o1. The van der Waals surface area contributed by atoms with Crippen LogP contribution in [0.2, 0.25) is 0 Å². The normalized spacial score (nSPS) is 9.89. The Hall–Kier alpha value is -2.75. The minimum absolute atomic E-state index is 0.307. The van der Waals surface area contributed by atoms with Crippen molar-refractivity contribution in [2.45, 2.75) is 13.5 Å². The van der Waals surface area contributed by atoms with Crippen LogP contribution in [0.5, 0.6) is 0 Å². The molecule has 0 spiro atoms. The first-order chi connectivity index (χ1) is 9.22. The van der Waals surface area contributed by atoms with E-state index in [4.69, 9.17) is 9.78 Å². The first-order valence-corrected chi connectivity index (χ1v) is 5.78. The van der Waals surface area contributed by atoms with Gasteiger partial charge in [-0.2, -0.15) is 10.4 Å². The van der Waals surface area contributed by atoms with Crippen LogP contribution < -0.4 is 16.2 Å². The smallest absolute Gasteiger partial charge is 0.282 e. The summed E-state index contributed by atoms with van der Waals surface area (Å²) >= 11 is 0. The predicted octanol–water partition coefficient (Wildman–Crippen LogP) is 1.28. The number of nitrogens with one attached hydrogen (secondary N) is 3. The van der Waals surface area contributed by atoms with Gasteiger partial charge in [-0.25, -0.2) is 4.98 Å². The van der Waals surface area contributed by atoms with Crippen LogP contribution in [0.1, 0.15) is 18.1 Å². The zero-order valence-electron chi connectivity index (χ0n) is 10.4. The van der Waals surface area contributed by atoms with Gasteiger partial charge in [-0.1, -0.05) is 0 Å². The molecular formula is C12H13N5O2. The molecule has 2 rings (SSSR count). The molecule has 0 fully saturated rings. The summed E-state index contributed by atoms with van der Waals surface area (Å²) in [5.74, 6) is 1.04. The molecule has 2 heterocycles. The van der Waals surface area contributed by atoms with Crippen LogP contribution in [0.15, 0.2) is 27.6 Å². The zero-order valence-corrected chi connectivity index (χ0v) is 10.4. The minimum atomic E-state index is -0.307. The van der Waals surface area contributed by atoms with Gasteiger partial charge in [0.2, 0.25) is 5.88 Å². The van der Waals surface area contributed by atoms with Crippen LogP contribution in [0.4, 0.5) is 11.7 Å². The third kappa shape index (κ3) is 3.13. The molecule has 0 saturated carbocycles. The first kappa shape index (κ1) is 12.7. The molecule has 2 aromatic rings. The molecule has 2 aromatic heterocycles. The second-order valence-electron chi connectivity index (χ2n) is 3.80. The van der Waals surface area contributed by atoms with Crippen molar-refractivity contribution >= 4 is 11.7 Å². The number of aromatic amines is 1. The molecule has 0 bridgehead atoms. The first-order valence-electron chi connectivity index (χ1n) is 5.78. The van der Waals surface area contributed by atoms with E-state index in [0.29, 0.717) is 23.8 Å². The Morgan fingerprint density at radius 1 is 1.47 bits per heavy atom. The van der Waals surface area contributed by atoms with E-state index in [1.807, 2.05) is 13.0 Å². The highest BCUT2D eigenvalue weighted by Crippen LogP contribution is 2.15. The van der Waals surface area contributed by atoms with E-state index in [-0.39, 0.29) is 5.56 Å². The number of hydrogen-bond acceptors (Lipinski definition) is 6. The Kier molecular flexibility index (Phi) is 3.83. The fraction of sp³-hybridized carbons (Fsp3) is 0.250. The van der Waals surface area contributed by atoms with Gasteiger partial charge in [0.1, 0.15) is 11.9 Å². The van der Waals surface area contributed by atoms with Gasteiger partial charge in [0.15, 0.2) is 0 Å². The quantitative estimate of drug-likeness (QED) is 0.746. The number of hydrogen-bond donors (Lipinski definition) is 3. The third-order valence-corrected chi connectivity index (χ3v) is 2.42. The Morgan fingerprint density at radius 2 is 2.32 bits per heavy atom. The lowest BCUT2D eigenvalue weighted by Gasteiger charge is -2.10. The van der Waals surface area contributed by atoms with E-state index in [1.165, 1.54) is 12.3 Å². The van der Waals surface area contributed by atoms with Gasteiger partial charge in [-0.3, -0.25) is 4.79 Å². The van der Waals surface area contributed by atoms with Gasteiger partial charge in [0, 0.05) is 24.8 Å². The van der Waals surface area contributed by atoms with Crippen molar-refractivity contribution in [3.8, 4) is 6.07 Å². The van der Waals surface area contributed by atoms with E-state index in [1.54, 1.807) is 6.07 Å². The Bertz CT molecular complexity index is 653. The number of rotatable bonds is 5. The van der Waals surface area contributed by atoms with Crippen molar-refractivity contribution in [2.75, 3.05) is 17.2 Å². The van der Waals surface area contributed by atoms with Crippen LogP contribution in [-0.4, -0.2) is 16.7 Å². The van der Waals surface area contributed by atoms with Crippen LogP contribution in [0, 0.1) is 11.3 Å². The summed E-state index contributed by atoms with van der Waals surface area (Å²) in [7, 11) is 0. The molecule has 7 nitrogen and oxygen atoms in total. The largest absolute Gasteiger partial charge is 0.370 e. The molecule has 0 aliphatic carbocycles. The molecule has 98 valence electrons. The number of H-pyrrole nitrogens is 1. The van der Waals surface area contributed by atoms with Gasteiger partial charge in [-0.05, 0) is 13.0 Å². The molecule has 0 radical (unpaired) electrons. The molecule has 0 saturated heterocycles. The maximum Gasteiger partial charge on any atom is 0.282 e. The van der Waals surface area contributed by atoms with E-state index >= 15 is 0 Å². The fourth-order valence-electron chi connectivity index (χ4n) is 1.59. The molecule has 0 atom stereocenters. The monoisotopic (exact) mass is 259 g/mol. The summed E-state index contributed by atoms with van der Waals surface area (Å²) < 4.78 is 4.89. The zero-order chi connectivity index (χ0) is 13.7. The number of aromatic nitrogens is 2. The van der Waals surface area contributed by atoms with Crippen LogP contribution >= 0.6 is 0 Å². The molecule has 3 N–H and O–H groups in total. The topological polar surface area (TPSA) is 107 Å². The second-order valence-corrected chi connectivity index (χ2v) is 3.80. The van der Waals surface area contributed by atoms with E-state index < -0.39 is 0 Å². The summed E-state index contributed by atoms with van der Waals surface area (Å²) in [5.41, 5.74) is 0.997. The Balaban J connectivity index is 2.17.